The molecule has 22 heavy (non-hydrogen) atoms. The summed E-state index contributed by atoms with van der Waals surface area (Å²) in [4.78, 5) is 22.4. The summed E-state index contributed by atoms with van der Waals surface area (Å²) >= 11 is 5.31. The molecule has 10 nitrogen and oxygen atoms in total. The van der Waals surface area contributed by atoms with E-state index in [4.69, 9.17) is 26.6 Å². The molecule has 0 aromatic carbocycles. The maximum atomic E-state index is 11.3. The normalized spacial score (nSPS) is 34.7. The van der Waals surface area contributed by atoms with Crippen molar-refractivity contribution in [3.63, 3.8) is 0 Å². The van der Waals surface area contributed by atoms with Crippen LogP contribution >= 0.6 is 11.6 Å². The van der Waals surface area contributed by atoms with Crippen molar-refractivity contribution in [2.45, 2.75) is 42.7 Å². The second-order valence-corrected chi connectivity index (χ2v) is 5.18. The summed E-state index contributed by atoms with van der Waals surface area (Å²) in [6.45, 7) is -0.890. The number of ether oxygens (including phenoxy) is 1. The number of hydrogen-bond acceptors (Lipinski definition) is 8. The first kappa shape index (κ1) is 19.0. The molecule has 1 saturated heterocycles. The molecule has 1 fully saturated rings. The third-order valence-corrected chi connectivity index (χ3v) is 3.53. The Morgan fingerprint density at radius 1 is 1.41 bits per heavy atom. The second-order valence-electron chi connectivity index (χ2n) is 4.91. The minimum atomic E-state index is -2.82. The lowest BCUT2D eigenvalue weighted by molar-refractivity contribution is -0.295. The van der Waals surface area contributed by atoms with E-state index in [1.54, 1.807) is 0 Å². The fourth-order valence-electron chi connectivity index (χ4n) is 2.13. The van der Waals surface area contributed by atoms with Gasteiger partial charge in [-0.15, -0.1) is 11.6 Å². The van der Waals surface area contributed by atoms with E-state index in [0.29, 0.717) is 0 Å². The number of aliphatic hydroxyl groups is 5. The molecule has 6 atom stereocenters. The van der Waals surface area contributed by atoms with Crippen LogP contribution in [0, 0.1) is 0 Å². The van der Waals surface area contributed by atoms with Gasteiger partial charge in [-0.1, -0.05) is 0 Å². The standard InChI is InChI=1S/C11H18ClNO9/c12-2-6(17)13-7-4(15)1-11(21,10(19)20)22-9(7)8(18)5(16)3-14/h4-5,7-9,14-16,18,21H,1-3H2,(H,13,17)(H,19,20)/t4?,5?,7-,8-,9?,11?/m1/s1. The Morgan fingerprint density at radius 2 is 2.00 bits per heavy atom. The molecule has 0 aliphatic carbocycles. The Morgan fingerprint density at radius 3 is 2.45 bits per heavy atom. The van der Waals surface area contributed by atoms with Crippen molar-refractivity contribution in [1.29, 1.82) is 0 Å². The fourth-order valence-corrected chi connectivity index (χ4v) is 2.20. The summed E-state index contributed by atoms with van der Waals surface area (Å²) in [6, 6.07) is -1.35. The predicted molar refractivity (Wildman–Crippen MR) is 69.8 cm³/mol. The van der Waals surface area contributed by atoms with E-state index in [-0.39, 0.29) is 0 Å². The van der Waals surface area contributed by atoms with Crippen molar-refractivity contribution >= 4 is 23.5 Å². The summed E-state index contributed by atoms with van der Waals surface area (Å²) in [5.41, 5.74) is 0. The van der Waals surface area contributed by atoms with Crippen molar-refractivity contribution < 1.29 is 45.0 Å². The molecule has 1 heterocycles. The number of hydrogen-bond donors (Lipinski definition) is 7. The number of alkyl halides is 1. The van der Waals surface area contributed by atoms with Crippen molar-refractivity contribution in [2.24, 2.45) is 0 Å². The lowest BCUT2D eigenvalue weighted by Crippen LogP contribution is -2.67. The summed E-state index contributed by atoms with van der Waals surface area (Å²) in [6.07, 6.45) is -7.71. The number of carbonyl (C=O) groups excluding carboxylic acids is 1. The Hall–Kier alpha value is -1.01. The average molecular weight is 344 g/mol. The van der Waals surface area contributed by atoms with Crippen molar-refractivity contribution in [1.82, 2.24) is 5.32 Å². The highest BCUT2D eigenvalue weighted by molar-refractivity contribution is 6.27. The molecule has 0 radical (unpaired) electrons. The van der Waals surface area contributed by atoms with Crippen molar-refractivity contribution in [2.75, 3.05) is 12.5 Å². The molecule has 11 heteroatoms. The summed E-state index contributed by atoms with van der Waals surface area (Å²) < 4.78 is 4.87. The molecule has 1 aliphatic rings. The highest BCUT2D eigenvalue weighted by atomic mass is 35.5. The quantitative estimate of drug-likeness (QED) is 0.239. The number of carboxylic acid groups (broad SMARTS) is 1. The van der Waals surface area contributed by atoms with Crippen LogP contribution in [0.4, 0.5) is 0 Å². The van der Waals surface area contributed by atoms with E-state index >= 15 is 0 Å². The van der Waals surface area contributed by atoms with Gasteiger partial charge in [-0.25, -0.2) is 4.79 Å². The number of aliphatic carboxylic acids is 1. The van der Waals surface area contributed by atoms with E-state index in [1.807, 2.05) is 0 Å². The van der Waals surface area contributed by atoms with Gasteiger partial charge in [0.25, 0.3) is 5.79 Å². The zero-order valence-corrected chi connectivity index (χ0v) is 12.0. The molecular weight excluding hydrogens is 326 g/mol. The van der Waals surface area contributed by atoms with Gasteiger partial charge in [0.1, 0.15) is 24.2 Å². The molecule has 0 saturated carbocycles. The molecule has 4 unspecified atom stereocenters. The van der Waals surface area contributed by atoms with Gasteiger partial charge >= 0.3 is 5.97 Å². The number of nitrogens with one attached hydrogen (secondary N) is 1. The first-order valence-corrected chi connectivity index (χ1v) is 6.83. The SMILES string of the molecule is O=C(CCl)N[C@@H]1C(O)CC(O)(C(=O)O)OC1[C@H](O)C(O)CO. The van der Waals surface area contributed by atoms with E-state index in [1.165, 1.54) is 0 Å². The van der Waals surface area contributed by atoms with E-state index in [0.717, 1.165) is 0 Å². The number of rotatable bonds is 6. The zero-order valence-electron chi connectivity index (χ0n) is 11.3. The molecule has 0 spiro atoms. The van der Waals surface area contributed by atoms with Crippen LogP contribution in [-0.4, -0.2) is 91.2 Å². The summed E-state index contributed by atoms with van der Waals surface area (Å²) in [7, 11) is 0. The van der Waals surface area contributed by atoms with Crippen LogP contribution in [0.3, 0.4) is 0 Å². The molecule has 0 bridgehead atoms. The average Bonchev–Trinajstić information content (AvgIpc) is 2.47. The third kappa shape index (κ3) is 4.04. The molecule has 128 valence electrons. The number of amides is 1. The molecule has 7 N–H and O–H groups in total. The minimum Gasteiger partial charge on any atom is -0.477 e. The van der Waals surface area contributed by atoms with Crippen LogP contribution in [0.2, 0.25) is 0 Å². The van der Waals surface area contributed by atoms with Crippen molar-refractivity contribution in [3.05, 3.63) is 0 Å². The maximum absolute atomic E-state index is 11.3. The fraction of sp³-hybridized carbons (Fsp3) is 0.818. The lowest BCUT2D eigenvalue weighted by Gasteiger charge is -2.44. The predicted octanol–water partition coefficient (Wildman–Crippen LogP) is -3.65. The van der Waals surface area contributed by atoms with Crippen LogP contribution < -0.4 is 5.32 Å². The Kier molecular flexibility index (Phi) is 6.50. The molecule has 1 rings (SSSR count). The summed E-state index contributed by atoms with van der Waals surface area (Å²) in [5.74, 6) is -5.85. The zero-order chi connectivity index (χ0) is 17.1. The third-order valence-electron chi connectivity index (χ3n) is 3.29. The van der Waals surface area contributed by atoms with Gasteiger partial charge in [0.2, 0.25) is 5.91 Å². The Balaban J connectivity index is 3.07. The molecular formula is C11H18ClNO9. The van der Waals surface area contributed by atoms with Gasteiger partial charge < -0.3 is 40.7 Å². The number of aliphatic hydroxyl groups excluding tert-OH is 4. The van der Waals surface area contributed by atoms with Crippen LogP contribution in [0.25, 0.3) is 0 Å². The Bertz CT molecular complexity index is 422. The van der Waals surface area contributed by atoms with Gasteiger partial charge in [0.05, 0.1) is 18.8 Å². The van der Waals surface area contributed by atoms with Gasteiger partial charge in [0.15, 0.2) is 0 Å². The maximum Gasteiger partial charge on any atom is 0.364 e. The molecule has 1 amide bonds. The first-order valence-electron chi connectivity index (χ1n) is 6.30. The number of carboxylic acids is 1. The van der Waals surface area contributed by atoms with E-state index < -0.39 is 67.0 Å². The van der Waals surface area contributed by atoms with Gasteiger partial charge in [-0.05, 0) is 0 Å². The van der Waals surface area contributed by atoms with Gasteiger partial charge in [-0.3, -0.25) is 4.79 Å². The smallest absolute Gasteiger partial charge is 0.364 e. The molecule has 0 aromatic heterocycles. The van der Waals surface area contributed by atoms with E-state index in [9.17, 15) is 30.0 Å². The molecule has 0 aromatic rings. The summed E-state index contributed by atoms with van der Waals surface area (Å²) in [5, 5.41) is 59.1. The Labute approximate surface area is 129 Å². The molecule has 1 aliphatic heterocycles. The first-order chi connectivity index (χ1) is 10.2. The largest absolute Gasteiger partial charge is 0.477 e. The second kappa shape index (κ2) is 7.51. The van der Waals surface area contributed by atoms with Gasteiger partial charge in [0, 0.05) is 6.42 Å². The highest BCUT2D eigenvalue weighted by Gasteiger charge is 2.53. The van der Waals surface area contributed by atoms with Crippen LogP contribution in [0.15, 0.2) is 0 Å². The van der Waals surface area contributed by atoms with E-state index in [2.05, 4.69) is 5.32 Å². The van der Waals surface area contributed by atoms with Gasteiger partial charge in [-0.2, -0.15) is 0 Å². The monoisotopic (exact) mass is 343 g/mol. The number of halogens is 1. The highest BCUT2D eigenvalue weighted by Crippen LogP contribution is 2.30. The van der Waals surface area contributed by atoms with Crippen LogP contribution in [-0.2, 0) is 14.3 Å². The minimum absolute atomic E-state index is 0.474. The van der Waals surface area contributed by atoms with Crippen LogP contribution in [0.5, 0.6) is 0 Å². The lowest BCUT2D eigenvalue weighted by atomic mass is 9.88. The van der Waals surface area contributed by atoms with Crippen LogP contribution in [0.1, 0.15) is 6.42 Å². The number of carbonyl (C=O) groups is 2. The topological polar surface area (TPSA) is 177 Å². The van der Waals surface area contributed by atoms with Crippen molar-refractivity contribution in [3.8, 4) is 0 Å².